The van der Waals surface area contributed by atoms with Crippen LogP contribution in [-0.4, -0.2) is 18.6 Å². The molecule has 4 heteroatoms. The lowest BCUT2D eigenvalue weighted by Gasteiger charge is -2.09. The molecule has 1 aliphatic heterocycles. The first-order chi connectivity index (χ1) is 8.19. The molecule has 1 N–H and O–H groups in total. The fourth-order valence-corrected chi connectivity index (χ4v) is 2.30. The molecule has 1 aliphatic rings. The lowest BCUT2D eigenvalue weighted by Crippen LogP contribution is -2.22. The SMILES string of the molecule is CC1CC(C(=O)Nc2ccc(CBr)cc2)CO1. The van der Waals surface area contributed by atoms with Gasteiger partial charge in [-0.15, -0.1) is 0 Å². The summed E-state index contributed by atoms with van der Waals surface area (Å²) in [6.07, 6.45) is 1.01. The van der Waals surface area contributed by atoms with Gasteiger partial charge in [0.15, 0.2) is 0 Å². The molecule has 3 nitrogen and oxygen atoms in total. The van der Waals surface area contributed by atoms with Crippen molar-refractivity contribution in [2.75, 3.05) is 11.9 Å². The van der Waals surface area contributed by atoms with Gasteiger partial charge < -0.3 is 10.1 Å². The maximum atomic E-state index is 11.9. The summed E-state index contributed by atoms with van der Waals surface area (Å²) in [5.41, 5.74) is 2.04. The van der Waals surface area contributed by atoms with Crippen LogP contribution in [0.4, 0.5) is 5.69 Å². The van der Waals surface area contributed by atoms with Crippen LogP contribution in [0.3, 0.4) is 0 Å². The van der Waals surface area contributed by atoms with E-state index >= 15 is 0 Å². The van der Waals surface area contributed by atoms with E-state index in [0.717, 1.165) is 17.4 Å². The van der Waals surface area contributed by atoms with Gasteiger partial charge in [-0.25, -0.2) is 0 Å². The van der Waals surface area contributed by atoms with Gasteiger partial charge in [0.2, 0.25) is 5.91 Å². The van der Waals surface area contributed by atoms with Crippen molar-refractivity contribution in [3.8, 4) is 0 Å². The summed E-state index contributed by atoms with van der Waals surface area (Å²) in [7, 11) is 0. The monoisotopic (exact) mass is 297 g/mol. The van der Waals surface area contributed by atoms with E-state index in [2.05, 4.69) is 21.2 Å². The first kappa shape index (κ1) is 12.6. The topological polar surface area (TPSA) is 38.3 Å². The van der Waals surface area contributed by atoms with Crippen LogP contribution in [0.1, 0.15) is 18.9 Å². The average Bonchev–Trinajstić information content (AvgIpc) is 2.77. The largest absolute Gasteiger partial charge is 0.378 e. The smallest absolute Gasteiger partial charge is 0.229 e. The lowest BCUT2D eigenvalue weighted by atomic mass is 10.1. The molecule has 1 fully saturated rings. The summed E-state index contributed by atoms with van der Waals surface area (Å²) in [5, 5.41) is 3.75. The van der Waals surface area contributed by atoms with Gasteiger partial charge in [0.25, 0.3) is 0 Å². The number of carbonyl (C=O) groups excluding carboxylic acids is 1. The zero-order valence-electron chi connectivity index (χ0n) is 9.78. The van der Waals surface area contributed by atoms with Crippen LogP contribution >= 0.6 is 15.9 Å². The first-order valence-corrected chi connectivity index (χ1v) is 6.88. The molecular weight excluding hydrogens is 282 g/mol. The van der Waals surface area contributed by atoms with E-state index < -0.39 is 0 Å². The standard InChI is InChI=1S/C13H16BrNO2/c1-9-6-11(8-17-9)13(16)15-12-4-2-10(7-14)3-5-12/h2-5,9,11H,6-8H2,1H3,(H,15,16). The second kappa shape index (κ2) is 5.65. The van der Waals surface area contributed by atoms with Gasteiger partial charge in [0.05, 0.1) is 18.6 Å². The molecule has 1 saturated heterocycles. The Hall–Kier alpha value is -0.870. The fourth-order valence-electron chi connectivity index (χ4n) is 1.92. The highest BCUT2D eigenvalue weighted by molar-refractivity contribution is 9.08. The van der Waals surface area contributed by atoms with Crippen molar-refractivity contribution in [1.82, 2.24) is 0 Å². The number of rotatable bonds is 3. The quantitative estimate of drug-likeness (QED) is 0.871. The number of amides is 1. The summed E-state index contributed by atoms with van der Waals surface area (Å²) in [5.74, 6) is 0.0433. The van der Waals surface area contributed by atoms with E-state index in [1.54, 1.807) is 0 Å². The average molecular weight is 298 g/mol. The molecule has 2 rings (SSSR count). The van der Waals surface area contributed by atoms with Crippen LogP contribution in [0, 0.1) is 5.92 Å². The van der Waals surface area contributed by atoms with Crippen molar-refractivity contribution in [1.29, 1.82) is 0 Å². The molecule has 92 valence electrons. The normalized spacial score (nSPS) is 23.6. The Morgan fingerprint density at radius 2 is 2.18 bits per heavy atom. The molecule has 2 unspecified atom stereocenters. The summed E-state index contributed by atoms with van der Waals surface area (Å²) >= 11 is 3.39. The number of nitrogens with one attached hydrogen (secondary N) is 1. The van der Waals surface area contributed by atoms with Crippen LogP contribution in [0.2, 0.25) is 0 Å². The van der Waals surface area contributed by atoms with Crippen LogP contribution in [-0.2, 0) is 14.9 Å². The van der Waals surface area contributed by atoms with Crippen LogP contribution < -0.4 is 5.32 Å². The van der Waals surface area contributed by atoms with Gasteiger partial charge in [-0.3, -0.25) is 4.79 Å². The predicted octanol–water partition coefficient (Wildman–Crippen LogP) is 2.95. The van der Waals surface area contributed by atoms with Crippen molar-refractivity contribution in [3.63, 3.8) is 0 Å². The molecule has 0 aromatic heterocycles. The number of anilines is 1. The Labute approximate surface area is 110 Å². The minimum Gasteiger partial charge on any atom is -0.378 e. The summed E-state index contributed by atoms with van der Waals surface area (Å²) in [6.45, 7) is 2.53. The van der Waals surface area contributed by atoms with Crippen molar-refractivity contribution < 1.29 is 9.53 Å². The van der Waals surface area contributed by atoms with Crippen molar-refractivity contribution in [2.24, 2.45) is 5.92 Å². The molecule has 0 spiro atoms. The molecule has 0 aliphatic carbocycles. The Balaban J connectivity index is 1.93. The lowest BCUT2D eigenvalue weighted by molar-refractivity contribution is -0.119. The van der Waals surface area contributed by atoms with E-state index in [1.165, 1.54) is 5.56 Å². The van der Waals surface area contributed by atoms with Crippen molar-refractivity contribution in [3.05, 3.63) is 29.8 Å². The van der Waals surface area contributed by atoms with Gasteiger partial charge in [-0.05, 0) is 31.0 Å². The molecule has 0 radical (unpaired) electrons. The van der Waals surface area contributed by atoms with E-state index in [9.17, 15) is 4.79 Å². The van der Waals surface area contributed by atoms with Crippen LogP contribution in [0.25, 0.3) is 0 Å². The number of carbonyl (C=O) groups is 1. The Kier molecular flexibility index (Phi) is 4.18. The number of hydrogen-bond donors (Lipinski definition) is 1. The van der Waals surface area contributed by atoms with Crippen molar-refractivity contribution in [2.45, 2.75) is 24.8 Å². The third kappa shape index (κ3) is 3.30. The minimum atomic E-state index is -0.0131. The van der Waals surface area contributed by atoms with Gasteiger partial charge in [0.1, 0.15) is 0 Å². The zero-order chi connectivity index (χ0) is 12.3. The van der Waals surface area contributed by atoms with Gasteiger partial charge >= 0.3 is 0 Å². The zero-order valence-corrected chi connectivity index (χ0v) is 11.4. The molecule has 1 amide bonds. The third-order valence-corrected chi connectivity index (χ3v) is 3.59. The van der Waals surface area contributed by atoms with E-state index in [-0.39, 0.29) is 17.9 Å². The third-order valence-electron chi connectivity index (χ3n) is 2.94. The maximum absolute atomic E-state index is 11.9. The van der Waals surface area contributed by atoms with Gasteiger partial charge in [0, 0.05) is 11.0 Å². The predicted molar refractivity (Wildman–Crippen MR) is 71.2 cm³/mol. The number of halogens is 1. The number of hydrogen-bond acceptors (Lipinski definition) is 2. The van der Waals surface area contributed by atoms with E-state index in [1.807, 2.05) is 31.2 Å². The molecule has 0 bridgehead atoms. The summed E-state index contributed by atoms with van der Waals surface area (Å²) < 4.78 is 5.39. The number of ether oxygens (including phenoxy) is 1. The van der Waals surface area contributed by atoms with Crippen LogP contribution in [0.15, 0.2) is 24.3 Å². The van der Waals surface area contributed by atoms with Crippen molar-refractivity contribution >= 4 is 27.5 Å². The minimum absolute atomic E-state index is 0.0131. The van der Waals surface area contributed by atoms with E-state index in [4.69, 9.17) is 4.74 Å². The molecular formula is C13H16BrNO2. The van der Waals surface area contributed by atoms with Gasteiger partial charge in [-0.1, -0.05) is 28.1 Å². The highest BCUT2D eigenvalue weighted by atomic mass is 79.9. The summed E-state index contributed by atoms with van der Waals surface area (Å²) in [6, 6.07) is 7.84. The highest BCUT2D eigenvalue weighted by Crippen LogP contribution is 2.21. The molecule has 0 saturated carbocycles. The fraction of sp³-hybridized carbons (Fsp3) is 0.462. The first-order valence-electron chi connectivity index (χ1n) is 5.76. The van der Waals surface area contributed by atoms with Gasteiger partial charge in [-0.2, -0.15) is 0 Å². The molecule has 2 atom stereocenters. The Bertz CT molecular complexity index is 391. The van der Waals surface area contributed by atoms with E-state index in [0.29, 0.717) is 6.61 Å². The summed E-state index contributed by atoms with van der Waals surface area (Å²) in [4.78, 5) is 11.9. The van der Waals surface area contributed by atoms with Crippen LogP contribution in [0.5, 0.6) is 0 Å². The Morgan fingerprint density at radius 3 is 2.71 bits per heavy atom. The molecule has 17 heavy (non-hydrogen) atoms. The number of alkyl halides is 1. The molecule has 1 aromatic carbocycles. The Morgan fingerprint density at radius 1 is 1.47 bits per heavy atom. The molecule has 1 heterocycles. The number of benzene rings is 1. The highest BCUT2D eigenvalue weighted by Gasteiger charge is 2.28. The second-order valence-corrected chi connectivity index (χ2v) is 4.96. The maximum Gasteiger partial charge on any atom is 0.229 e. The second-order valence-electron chi connectivity index (χ2n) is 4.40. The molecule has 1 aromatic rings.